The molecule has 0 amide bonds. The number of aliphatic imine (C=N–C) groups is 1. The van der Waals surface area contributed by atoms with Crippen LogP contribution in [0.25, 0.3) is 0 Å². The second-order valence-electron chi connectivity index (χ2n) is 5.29. The number of nitrogens with zero attached hydrogens (tertiary/aromatic N) is 3. The summed E-state index contributed by atoms with van der Waals surface area (Å²) in [6.45, 7) is 7.92. The number of guanidine groups is 1. The van der Waals surface area contributed by atoms with Crippen LogP contribution in [0, 0.1) is 6.92 Å². The van der Waals surface area contributed by atoms with Crippen molar-refractivity contribution in [1.82, 2.24) is 20.6 Å². The van der Waals surface area contributed by atoms with Gasteiger partial charge in [0.25, 0.3) is 0 Å². The lowest BCUT2D eigenvalue weighted by atomic mass is 10.2. The smallest absolute Gasteiger partial charge is 0.191 e. The summed E-state index contributed by atoms with van der Waals surface area (Å²) in [5.74, 6) is 1.28. The average Bonchev–Trinajstić information content (AvgIpc) is 3.11. The molecule has 0 unspecified atom stereocenters. The summed E-state index contributed by atoms with van der Waals surface area (Å²) in [4.78, 5) is 14.5. The molecule has 0 atom stereocenters. The Kier molecular flexibility index (Phi) is 6.33. The molecule has 0 aromatic carbocycles. The maximum absolute atomic E-state index is 4.61. The third-order valence-corrected chi connectivity index (χ3v) is 4.93. The van der Waals surface area contributed by atoms with Gasteiger partial charge in [-0.15, -0.1) is 22.7 Å². The first-order valence-electron chi connectivity index (χ1n) is 7.38. The van der Waals surface area contributed by atoms with Gasteiger partial charge in [-0.25, -0.2) is 9.97 Å². The molecule has 0 spiro atoms. The topological polar surface area (TPSA) is 62.2 Å². The molecule has 22 heavy (non-hydrogen) atoms. The quantitative estimate of drug-likeness (QED) is 0.628. The van der Waals surface area contributed by atoms with E-state index in [1.165, 1.54) is 4.88 Å². The first-order valence-corrected chi connectivity index (χ1v) is 9.08. The number of hydrogen-bond donors (Lipinski definition) is 2. The summed E-state index contributed by atoms with van der Waals surface area (Å²) in [5, 5.41) is 11.0. The highest BCUT2D eigenvalue weighted by Gasteiger charge is 2.06. The average molecular weight is 338 g/mol. The van der Waals surface area contributed by atoms with Gasteiger partial charge < -0.3 is 10.6 Å². The molecular weight excluding hydrogens is 314 g/mol. The van der Waals surface area contributed by atoms with Crippen LogP contribution in [0.5, 0.6) is 0 Å². The monoisotopic (exact) mass is 337 g/mol. The molecule has 0 aliphatic heterocycles. The van der Waals surface area contributed by atoms with Crippen molar-refractivity contribution >= 4 is 28.6 Å². The Balaban J connectivity index is 1.74. The van der Waals surface area contributed by atoms with Gasteiger partial charge in [-0.3, -0.25) is 4.99 Å². The van der Waals surface area contributed by atoms with E-state index in [0.717, 1.165) is 34.6 Å². The summed E-state index contributed by atoms with van der Waals surface area (Å²) in [7, 11) is 1.78. The van der Waals surface area contributed by atoms with E-state index in [0.29, 0.717) is 12.5 Å². The Hall–Kier alpha value is -1.47. The van der Waals surface area contributed by atoms with E-state index in [1.54, 1.807) is 29.7 Å². The van der Waals surface area contributed by atoms with E-state index < -0.39 is 0 Å². The van der Waals surface area contributed by atoms with Crippen molar-refractivity contribution in [2.45, 2.75) is 39.7 Å². The van der Waals surface area contributed by atoms with Crippen molar-refractivity contribution in [1.29, 1.82) is 0 Å². The van der Waals surface area contributed by atoms with Crippen LogP contribution in [0.3, 0.4) is 0 Å². The van der Waals surface area contributed by atoms with Gasteiger partial charge in [0.2, 0.25) is 0 Å². The second-order valence-corrected chi connectivity index (χ2v) is 7.55. The van der Waals surface area contributed by atoms with Gasteiger partial charge in [0.15, 0.2) is 5.96 Å². The summed E-state index contributed by atoms with van der Waals surface area (Å²) < 4.78 is 0. The molecule has 0 aliphatic rings. The number of nitrogens with one attached hydrogen (secondary N) is 2. The molecule has 2 N–H and O–H groups in total. The maximum atomic E-state index is 4.61. The highest BCUT2D eigenvalue weighted by molar-refractivity contribution is 7.11. The lowest BCUT2D eigenvalue weighted by molar-refractivity contribution is 0.777. The van der Waals surface area contributed by atoms with Crippen LogP contribution in [0.4, 0.5) is 0 Å². The Labute approximate surface area is 139 Å². The number of aromatic nitrogens is 2. The minimum Gasteiger partial charge on any atom is -0.356 e. The van der Waals surface area contributed by atoms with Gasteiger partial charge >= 0.3 is 0 Å². The Bertz CT molecular complexity index is 615. The molecule has 0 aliphatic carbocycles. The maximum Gasteiger partial charge on any atom is 0.191 e. The van der Waals surface area contributed by atoms with Crippen molar-refractivity contribution in [3.8, 4) is 0 Å². The zero-order chi connectivity index (χ0) is 15.9. The van der Waals surface area contributed by atoms with E-state index in [2.05, 4.69) is 51.7 Å². The van der Waals surface area contributed by atoms with Crippen molar-refractivity contribution in [3.63, 3.8) is 0 Å². The lowest BCUT2D eigenvalue weighted by Gasteiger charge is -2.10. The Morgan fingerprint density at radius 3 is 2.73 bits per heavy atom. The molecule has 2 aromatic heterocycles. The van der Waals surface area contributed by atoms with Gasteiger partial charge in [0, 0.05) is 36.5 Å². The van der Waals surface area contributed by atoms with Crippen molar-refractivity contribution in [2.75, 3.05) is 13.6 Å². The number of hydrogen-bond acceptors (Lipinski definition) is 5. The van der Waals surface area contributed by atoms with Crippen LogP contribution < -0.4 is 10.6 Å². The third-order valence-electron chi connectivity index (χ3n) is 3.09. The molecule has 2 heterocycles. The standard InChI is InChI=1S/C15H23N5S2/c1-10(2)12-9-21-14(20-12)8-19-15(16-4)17-6-5-13-18-7-11(3)22-13/h7,9-10H,5-6,8H2,1-4H3,(H2,16,17,19). The van der Waals surface area contributed by atoms with Crippen molar-refractivity contribution in [3.05, 3.63) is 32.2 Å². The molecule has 0 saturated heterocycles. The molecule has 0 saturated carbocycles. The van der Waals surface area contributed by atoms with Crippen molar-refractivity contribution < 1.29 is 0 Å². The van der Waals surface area contributed by atoms with E-state index in [1.807, 2.05) is 6.20 Å². The second kappa shape index (κ2) is 8.24. The summed E-state index contributed by atoms with van der Waals surface area (Å²) >= 11 is 3.43. The highest BCUT2D eigenvalue weighted by atomic mass is 32.1. The van der Waals surface area contributed by atoms with Gasteiger partial charge in [-0.05, 0) is 12.8 Å². The predicted octanol–water partition coefficient (Wildman–Crippen LogP) is 2.94. The highest BCUT2D eigenvalue weighted by Crippen LogP contribution is 2.17. The fraction of sp³-hybridized carbons (Fsp3) is 0.533. The molecule has 0 bridgehead atoms. The van der Waals surface area contributed by atoms with Crippen LogP contribution in [0.2, 0.25) is 0 Å². The zero-order valence-electron chi connectivity index (χ0n) is 13.5. The van der Waals surface area contributed by atoms with Gasteiger partial charge in [0.1, 0.15) is 5.01 Å². The van der Waals surface area contributed by atoms with Crippen LogP contribution >= 0.6 is 22.7 Å². The van der Waals surface area contributed by atoms with Crippen LogP contribution in [0.15, 0.2) is 16.6 Å². The minimum absolute atomic E-state index is 0.476. The summed E-state index contributed by atoms with van der Waals surface area (Å²) in [6.07, 6.45) is 2.83. The molecule has 0 fully saturated rings. The van der Waals surface area contributed by atoms with E-state index >= 15 is 0 Å². The van der Waals surface area contributed by atoms with Gasteiger partial charge in [-0.1, -0.05) is 13.8 Å². The lowest BCUT2D eigenvalue weighted by Crippen LogP contribution is -2.37. The van der Waals surface area contributed by atoms with Crippen molar-refractivity contribution in [2.24, 2.45) is 4.99 Å². The summed E-state index contributed by atoms with van der Waals surface area (Å²) in [6, 6.07) is 0. The first-order chi connectivity index (χ1) is 10.6. The number of rotatable bonds is 6. The third kappa shape index (κ3) is 5.06. The largest absolute Gasteiger partial charge is 0.356 e. The molecule has 0 radical (unpaired) electrons. The normalized spacial score (nSPS) is 12.0. The molecule has 7 heteroatoms. The van der Waals surface area contributed by atoms with Gasteiger partial charge in [-0.2, -0.15) is 0 Å². The molecule has 5 nitrogen and oxygen atoms in total. The number of thiazole rings is 2. The fourth-order valence-corrected chi connectivity index (χ4v) is 3.54. The molecule has 120 valence electrons. The van der Waals surface area contributed by atoms with Crippen LogP contribution in [0.1, 0.15) is 40.4 Å². The minimum atomic E-state index is 0.476. The number of aryl methyl sites for hydroxylation is 1. The summed E-state index contributed by atoms with van der Waals surface area (Å²) in [5.41, 5.74) is 1.16. The van der Waals surface area contributed by atoms with E-state index in [-0.39, 0.29) is 0 Å². The zero-order valence-corrected chi connectivity index (χ0v) is 15.1. The molecule has 2 rings (SSSR count). The van der Waals surface area contributed by atoms with Gasteiger partial charge in [0.05, 0.1) is 17.2 Å². The predicted molar refractivity (Wildman–Crippen MR) is 95.0 cm³/mol. The van der Waals surface area contributed by atoms with Crippen LogP contribution in [-0.4, -0.2) is 29.5 Å². The van der Waals surface area contributed by atoms with Crippen LogP contribution in [-0.2, 0) is 13.0 Å². The molecule has 2 aromatic rings. The SMILES string of the molecule is CN=C(NCCc1ncc(C)s1)NCc1nc(C(C)C)cs1. The van der Waals surface area contributed by atoms with E-state index in [4.69, 9.17) is 0 Å². The fourth-order valence-electron chi connectivity index (χ4n) is 1.86. The Morgan fingerprint density at radius 1 is 1.32 bits per heavy atom. The Morgan fingerprint density at radius 2 is 2.14 bits per heavy atom. The first kappa shape index (κ1) is 16.9. The molecular formula is C15H23N5S2. The van der Waals surface area contributed by atoms with E-state index in [9.17, 15) is 0 Å².